The maximum Gasteiger partial charge on any atom is 0.256 e. The maximum atomic E-state index is 10.7. The molecule has 0 aromatic carbocycles. The molecule has 0 aromatic rings. The van der Waals surface area contributed by atoms with Crippen molar-refractivity contribution < 1.29 is 9.63 Å². The van der Waals surface area contributed by atoms with E-state index in [0.29, 0.717) is 5.75 Å². The van der Waals surface area contributed by atoms with Crippen LogP contribution in [0, 0.1) is 0 Å². The molecule has 9 heavy (non-hydrogen) atoms. The second-order valence-corrected chi connectivity index (χ2v) is 2.67. The summed E-state index contributed by atoms with van der Waals surface area (Å²) in [5, 5.41) is 1.17. The van der Waals surface area contributed by atoms with Crippen LogP contribution in [0.5, 0.6) is 0 Å². The summed E-state index contributed by atoms with van der Waals surface area (Å²) in [5.41, 5.74) is 0. The number of hydroxylamine groups is 2. The van der Waals surface area contributed by atoms with Crippen molar-refractivity contribution in [1.82, 2.24) is 5.06 Å². The zero-order chi connectivity index (χ0) is 7.28. The lowest BCUT2D eigenvalue weighted by Crippen LogP contribution is -2.26. The summed E-state index contributed by atoms with van der Waals surface area (Å²) in [5.74, 6) is 0.255. The highest BCUT2D eigenvalue weighted by atomic mass is 33.1. The SMILES string of the molecule is CON(C)C(=O)CSS. The third kappa shape index (κ3) is 3.66. The van der Waals surface area contributed by atoms with E-state index >= 15 is 0 Å². The van der Waals surface area contributed by atoms with E-state index in [9.17, 15) is 4.79 Å². The van der Waals surface area contributed by atoms with Crippen LogP contribution < -0.4 is 0 Å². The molecule has 0 saturated carbocycles. The van der Waals surface area contributed by atoms with Crippen LogP contribution in [0.25, 0.3) is 0 Å². The summed E-state index contributed by atoms with van der Waals surface area (Å²) in [6.45, 7) is 0. The van der Waals surface area contributed by atoms with Crippen molar-refractivity contribution in [1.29, 1.82) is 0 Å². The van der Waals surface area contributed by atoms with Crippen LogP contribution in [0.15, 0.2) is 0 Å². The number of carbonyl (C=O) groups is 1. The summed E-state index contributed by atoms with van der Waals surface area (Å²) in [6, 6.07) is 0. The Kier molecular flexibility index (Phi) is 5.03. The summed E-state index contributed by atoms with van der Waals surface area (Å²) in [6.07, 6.45) is 0. The second-order valence-electron chi connectivity index (χ2n) is 1.35. The molecular weight excluding hydrogens is 158 g/mol. The first-order valence-electron chi connectivity index (χ1n) is 2.29. The number of amides is 1. The Morgan fingerprint density at radius 2 is 2.44 bits per heavy atom. The molecule has 0 N–H and O–H groups in total. The molecule has 0 aliphatic heterocycles. The van der Waals surface area contributed by atoms with E-state index in [1.165, 1.54) is 23.0 Å². The topological polar surface area (TPSA) is 29.5 Å². The van der Waals surface area contributed by atoms with E-state index < -0.39 is 0 Å². The third-order valence-electron chi connectivity index (χ3n) is 0.813. The van der Waals surface area contributed by atoms with E-state index in [2.05, 4.69) is 16.5 Å². The zero-order valence-corrected chi connectivity index (χ0v) is 7.04. The van der Waals surface area contributed by atoms with Gasteiger partial charge < -0.3 is 0 Å². The van der Waals surface area contributed by atoms with Crippen LogP contribution in [-0.2, 0) is 9.63 Å². The van der Waals surface area contributed by atoms with Gasteiger partial charge in [0.1, 0.15) is 0 Å². The first-order chi connectivity index (χ1) is 4.22. The Morgan fingerprint density at radius 1 is 1.89 bits per heavy atom. The zero-order valence-electron chi connectivity index (χ0n) is 5.33. The molecule has 0 heterocycles. The fraction of sp³-hybridized carbons (Fsp3) is 0.750. The number of hydrogen-bond donors (Lipinski definition) is 1. The first-order valence-corrected chi connectivity index (χ1v) is 4.33. The molecule has 0 spiro atoms. The van der Waals surface area contributed by atoms with Gasteiger partial charge in [-0.1, -0.05) is 10.8 Å². The van der Waals surface area contributed by atoms with Gasteiger partial charge in [0.05, 0.1) is 12.9 Å². The molecule has 0 rings (SSSR count). The molecule has 54 valence electrons. The summed E-state index contributed by atoms with van der Waals surface area (Å²) >= 11 is 3.81. The average Bonchev–Trinajstić information content (AvgIpc) is 1.87. The van der Waals surface area contributed by atoms with Gasteiger partial charge in [0.2, 0.25) is 0 Å². The molecule has 1 amide bonds. The number of rotatable bonds is 3. The third-order valence-corrected chi connectivity index (χ3v) is 1.58. The van der Waals surface area contributed by atoms with Gasteiger partial charge in [0.25, 0.3) is 5.91 Å². The Hall–Kier alpha value is 0.130. The van der Waals surface area contributed by atoms with Crippen molar-refractivity contribution in [3.63, 3.8) is 0 Å². The number of carbonyl (C=O) groups excluding carboxylic acids is 1. The predicted octanol–water partition coefficient (Wildman–Crippen LogP) is 0.584. The molecule has 5 heteroatoms. The van der Waals surface area contributed by atoms with E-state index in [4.69, 9.17) is 0 Å². The van der Waals surface area contributed by atoms with E-state index in [1.54, 1.807) is 7.05 Å². The lowest BCUT2D eigenvalue weighted by Gasteiger charge is -2.11. The molecule has 0 fully saturated rings. The van der Waals surface area contributed by atoms with Crippen LogP contribution in [0.2, 0.25) is 0 Å². The van der Waals surface area contributed by atoms with Gasteiger partial charge in [-0.25, -0.2) is 5.06 Å². The quantitative estimate of drug-likeness (QED) is 0.379. The van der Waals surface area contributed by atoms with E-state index in [0.717, 1.165) is 0 Å². The highest BCUT2D eigenvalue weighted by Crippen LogP contribution is 2.04. The number of nitrogens with zero attached hydrogens (tertiary/aromatic N) is 1. The Morgan fingerprint density at radius 3 is 2.78 bits per heavy atom. The lowest BCUT2D eigenvalue weighted by atomic mass is 10.7. The molecule has 0 radical (unpaired) electrons. The van der Waals surface area contributed by atoms with Gasteiger partial charge in [-0.3, -0.25) is 9.63 Å². The second kappa shape index (κ2) is 4.96. The molecule has 0 aliphatic rings. The van der Waals surface area contributed by atoms with Crippen molar-refractivity contribution >= 4 is 28.4 Å². The van der Waals surface area contributed by atoms with Crippen LogP contribution in [0.3, 0.4) is 0 Å². The maximum absolute atomic E-state index is 10.7. The van der Waals surface area contributed by atoms with Gasteiger partial charge in [0.15, 0.2) is 0 Å². The first kappa shape index (κ1) is 9.13. The van der Waals surface area contributed by atoms with Crippen molar-refractivity contribution in [2.75, 3.05) is 19.9 Å². The molecule has 0 unspecified atom stereocenters. The van der Waals surface area contributed by atoms with E-state index in [-0.39, 0.29) is 5.91 Å². The van der Waals surface area contributed by atoms with Gasteiger partial charge in [-0.15, -0.1) is 11.7 Å². The fourth-order valence-electron chi connectivity index (χ4n) is 0.248. The summed E-state index contributed by atoms with van der Waals surface area (Å²) in [4.78, 5) is 15.3. The summed E-state index contributed by atoms with van der Waals surface area (Å²) in [7, 11) is 4.18. The fourth-order valence-corrected chi connectivity index (χ4v) is 0.872. The number of thiol groups is 1. The molecule has 3 nitrogen and oxygen atoms in total. The average molecular weight is 167 g/mol. The molecule has 0 aliphatic carbocycles. The standard InChI is InChI=1S/C4H9NO2S2/c1-5(7-2)4(6)3-9-8/h8H,3H2,1-2H3. The molecule has 0 saturated heterocycles. The highest BCUT2D eigenvalue weighted by Gasteiger charge is 2.04. The van der Waals surface area contributed by atoms with Gasteiger partial charge in [-0.2, -0.15) is 0 Å². The van der Waals surface area contributed by atoms with Crippen LogP contribution in [0.1, 0.15) is 0 Å². The van der Waals surface area contributed by atoms with E-state index in [1.807, 2.05) is 0 Å². The molecular formula is C4H9NO2S2. The summed E-state index contributed by atoms with van der Waals surface area (Å²) < 4.78 is 0. The van der Waals surface area contributed by atoms with Gasteiger partial charge in [0, 0.05) is 7.05 Å². The Labute approximate surface area is 63.5 Å². The minimum atomic E-state index is -0.0856. The van der Waals surface area contributed by atoms with Crippen molar-refractivity contribution in [3.8, 4) is 0 Å². The smallest absolute Gasteiger partial charge is 0.256 e. The molecule has 0 atom stereocenters. The van der Waals surface area contributed by atoms with Gasteiger partial charge >= 0.3 is 0 Å². The van der Waals surface area contributed by atoms with Gasteiger partial charge in [-0.05, 0) is 0 Å². The predicted molar refractivity (Wildman–Crippen MR) is 41.2 cm³/mol. The largest absolute Gasteiger partial charge is 0.275 e. The number of hydrogen-bond acceptors (Lipinski definition) is 4. The Bertz CT molecular complexity index is 98.6. The van der Waals surface area contributed by atoms with Crippen molar-refractivity contribution in [2.24, 2.45) is 0 Å². The van der Waals surface area contributed by atoms with Crippen LogP contribution >= 0.6 is 22.5 Å². The Balaban J connectivity index is 3.46. The van der Waals surface area contributed by atoms with Crippen LogP contribution in [-0.4, -0.2) is 30.9 Å². The normalized spacial score (nSPS) is 9.22. The molecule has 0 bridgehead atoms. The van der Waals surface area contributed by atoms with Crippen molar-refractivity contribution in [2.45, 2.75) is 0 Å². The lowest BCUT2D eigenvalue weighted by molar-refractivity contribution is -0.165. The highest BCUT2D eigenvalue weighted by molar-refractivity contribution is 8.68. The minimum Gasteiger partial charge on any atom is -0.275 e. The monoisotopic (exact) mass is 167 g/mol. The van der Waals surface area contributed by atoms with Crippen LogP contribution in [0.4, 0.5) is 0 Å². The molecule has 0 aromatic heterocycles. The minimum absolute atomic E-state index is 0.0856. The van der Waals surface area contributed by atoms with Crippen molar-refractivity contribution in [3.05, 3.63) is 0 Å².